The number of nitrogens with one attached hydrogen (secondary N) is 2. The maximum Gasteiger partial charge on any atom is 0.0508 e. The minimum atomic E-state index is 0.203. The highest BCUT2D eigenvalue weighted by atomic mass is 15.3. The van der Waals surface area contributed by atoms with Crippen LogP contribution in [-0.2, 0) is 0 Å². The van der Waals surface area contributed by atoms with Crippen LogP contribution in [0, 0.1) is 0 Å². The Morgan fingerprint density at radius 3 is 1.44 bits per heavy atom. The maximum atomic E-state index is 3.85. The van der Waals surface area contributed by atoms with E-state index in [4.69, 9.17) is 0 Å². The Labute approximate surface area is 169 Å². The van der Waals surface area contributed by atoms with Crippen LogP contribution in [0.15, 0.2) is 0 Å². The maximum absolute atomic E-state index is 3.85. The predicted octanol–water partition coefficient (Wildman–Crippen LogP) is 4.21. The van der Waals surface area contributed by atoms with Crippen molar-refractivity contribution in [2.75, 3.05) is 20.3 Å². The summed E-state index contributed by atoms with van der Waals surface area (Å²) in [6, 6.07) is 1.29. The standard InChI is InChI=1S/C23H48N4/c1-11-12-27(19-15-22(6,7)25-23(8,9)16-19)17-26(10)18-13-20(2,3)24-21(4,5)14-18/h18-19,24-25H,11-17H2,1-10H3. The van der Waals surface area contributed by atoms with Gasteiger partial charge in [0.1, 0.15) is 0 Å². The average Bonchev–Trinajstić information content (AvgIpc) is 2.39. The van der Waals surface area contributed by atoms with Crippen LogP contribution in [-0.4, -0.2) is 64.3 Å². The molecular formula is C23H48N4. The first-order valence-corrected chi connectivity index (χ1v) is 11.2. The number of hydrogen-bond donors (Lipinski definition) is 2. The van der Waals surface area contributed by atoms with Gasteiger partial charge in [-0.05, 0) is 101 Å². The van der Waals surface area contributed by atoms with Crippen molar-refractivity contribution >= 4 is 0 Å². The molecule has 0 radical (unpaired) electrons. The normalized spacial score (nSPS) is 28.0. The molecule has 0 aromatic heterocycles. The summed E-state index contributed by atoms with van der Waals surface area (Å²) in [5.41, 5.74) is 0.815. The monoisotopic (exact) mass is 380 g/mol. The molecule has 2 saturated heterocycles. The predicted molar refractivity (Wildman–Crippen MR) is 118 cm³/mol. The molecule has 2 heterocycles. The van der Waals surface area contributed by atoms with E-state index >= 15 is 0 Å². The van der Waals surface area contributed by atoms with Crippen LogP contribution in [0.5, 0.6) is 0 Å². The molecule has 4 nitrogen and oxygen atoms in total. The smallest absolute Gasteiger partial charge is 0.0508 e. The fourth-order valence-corrected chi connectivity index (χ4v) is 6.16. The van der Waals surface area contributed by atoms with Crippen LogP contribution in [0.25, 0.3) is 0 Å². The minimum Gasteiger partial charge on any atom is -0.307 e. The van der Waals surface area contributed by atoms with E-state index < -0.39 is 0 Å². The van der Waals surface area contributed by atoms with Crippen LogP contribution in [0.3, 0.4) is 0 Å². The lowest BCUT2D eigenvalue weighted by atomic mass is 9.78. The van der Waals surface area contributed by atoms with E-state index in [-0.39, 0.29) is 22.2 Å². The molecule has 0 saturated carbocycles. The van der Waals surface area contributed by atoms with Gasteiger partial charge in [-0.3, -0.25) is 9.80 Å². The van der Waals surface area contributed by atoms with Crippen LogP contribution in [0.1, 0.15) is 94.4 Å². The molecule has 0 aliphatic carbocycles. The summed E-state index contributed by atoms with van der Waals surface area (Å²) in [5, 5.41) is 7.68. The molecule has 2 fully saturated rings. The van der Waals surface area contributed by atoms with Gasteiger partial charge in [0, 0.05) is 34.2 Å². The summed E-state index contributed by atoms with van der Waals surface area (Å²) in [6.07, 6.45) is 6.12. The molecule has 160 valence electrons. The Kier molecular flexibility index (Phi) is 6.79. The fourth-order valence-electron chi connectivity index (χ4n) is 6.16. The van der Waals surface area contributed by atoms with E-state index in [1.54, 1.807) is 0 Å². The van der Waals surface area contributed by atoms with Crippen molar-refractivity contribution in [2.24, 2.45) is 0 Å². The molecule has 0 atom stereocenters. The van der Waals surface area contributed by atoms with Crippen LogP contribution < -0.4 is 10.6 Å². The van der Waals surface area contributed by atoms with Gasteiger partial charge >= 0.3 is 0 Å². The number of rotatable bonds is 6. The highest BCUT2D eigenvalue weighted by molar-refractivity contribution is 5.02. The average molecular weight is 381 g/mol. The van der Waals surface area contributed by atoms with E-state index in [0.717, 1.165) is 6.67 Å². The summed E-state index contributed by atoms with van der Waals surface area (Å²) in [5.74, 6) is 0. The van der Waals surface area contributed by atoms with Gasteiger partial charge in [-0.15, -0.1) is 0 Å². The third kappa shape index (κ3) is 6.69. The minimum absolute atomic E-state index is 0.203. The van der Waals surface area contributed by atoms with Gasteiger partial charge in [0.2, 0.25) is 0 Å². The van der Waals surface area contributed by atoms with E-state index in [0.29, 0.717) is 12.1 Å². The SMILES string of the molecule is CCCN(CN(C)C1CC(C)(C)NC(C)(C)C1)C1CC(C)(C)NC(C)(C)C1. The van der Waals surface area contributed by atoms with E-state index in [2.05, 4.69) is 89.8 Å². The molecule has 0 aromatic carbocycles. The fraction of sp³-hybridized carbons (Fsp3) is 1.00. The molecule has 4 heteroatoms. The van der Waals surface area contributed by atoms with Gasteiger partial charge < -0.3 is 10.6 Å². The van der Waals surface area contributed by atoms with Crippen molar-refractivity contribution in [1.82, 2.24) is 20.4 Å². The van der Waals surface area contributed by atoms with Crippen molar-refractivity contribution in [2.45, 2.75) is 129 Å². The van der Waals surface area contributed by atoms with Gasteiger partial charge in [-0.25, -0.2) is 0 Å². The lowest BCUT2D eigenvalue weighted by Crippen LogP contribution is -2.64. The van der Waals surface area contributed by atoms with Crippen LogP contribution >= 0.6 is 0 Å². The molecule has 0 amide bonds. The third-order valence-corrected chi connectivity index (χ3v) is 6.39. The summed E-state index contributed by atoms with van der Waals surface area (Å²) in [7, 11) is 2.35. The zero-order valence-corrected chi connectivity index (χ0v) is 20.0. The van der Waals surface area contributed by atoms with E-state index in [1.807, 2.05) is 0 Å². The zero-order valence-electron chi connectivity index (χ0n) is 20.0. The molecule has 2 N–H and O–H groups in total. The Morgan fingerprint density at radius 2 is 1.07 bits per heavy atom. The van der Waals surface area contributed by atoms with Crippen molar-refractivity contribution in [3.05, 3.63) is 0 Å². The molecule has 2 aliphatic rings. The van der Waals surface area contributed by atoms with E-state index in [1.165, 1.54) is 38.6 Å². The largest absolute Gasteiger partial charge is 0.307 e. The Hall–Kier alpha value is -0.160. The first-order valence-electron chi connectivity index (χ1n) is 11.2. The number of piperidine rings is 2. The first kappa shape index (κ1) is 23.1. The van der Waals surface area contributed by atoms with Gasteiger partial charge in [0.25, 0.3) is 0 Å². The second-order valence-corrected chi connectivity index (χ2v) is 12.1. The molecule has 0 unspecified atom stereocenters. The topological polar surface area (TPSA) is 30.5 Å². The van der Waals surface area contributed by atoms with Crippen molar-refractivity contribution in [3.8, 4) is 0 Å². The quantitative estimate of drug-likeness (QED) is 0.676. The van der Waals surface area contributed by atoms with Crippen molar-refractivity contribution < 1.29 is 0 Å². The van der Waals surface area contributed by atoms with Crippen molar-refractivity contribution in [1.29, 1.82) is 0 Å². The third-order valence-electron chi connectivity index (χ3n) is 6.39. The zero-order chi connectivity index (χ0) is 20.7. The van der Waals surface area contributed by atoms with E-state index in [9.17, 15) is 0 Å². The Bertz CT molecular complexity index is 463. The lowest BCUT2D eigenvalue weighted by Gasteiger charge is -2.52. The van der Waals surface area contributed by atoms with Crippen LogP contribution in [0.4, 0.5) is 0 Å². The number of hydrogen-bond acceptors (Lipinski definition) is 4. The number of nitrogens with zero attached hydrogens (tertiary/aromatic N) is 2. The highest BCUT2D eigenvalue weighted by Gasteiger charge is 2.42. The summed E-state index contributed by atoms with van der Waals surface area (Å²) in [4.78, 5) is 5.41. The first-order chi connectivity index (χ1) is 12.1. The highest BCUT2D eigenvalue weighted by Crippen LogP contribution is 2.34. The van der Waals surface area contributed by atoms with Gasteiger partial charge in [-0.1, -0.05) is 6.92 Å². The summed E-state index contributed by atoms with van der Waals surface area (Å²) >= 11 is 0. The Balaban J connectivity index is 2.11. The molecule has 0 spiro atoms. The van der Waals surface area contributed by atoms with Gasteiger partial charge in [-0.2, -0.15) is 0 Å². The molecule has 0 bridgehead atoms. The molecule has 2 aliphatic heterocycles. The van der Waals surface area contributed by atoms with Gasteiger partial charge in [0.05, 0.1) is 6.67 Å². The summed E-state index contributed by atoms with van der Waals surface area (Å²) in [6.45, 7) is 23.5. The molecule has 0 aromatic rings. The summed E-state index contributed by atoms with van der Waals surface area (Å²) < 4.78 is 0. The second kappa shape index (κ2) is 7.93. The molecule has 2 rings (SSSR count). The second-order valence-electron chi connectivity index (χ2n) is 12.1. The lowest BCUT2D eigenvalue weighted by molar-refractivity contribution is 0.00186. The Morgan fingerprint density at radius 1 is 0.704 bits per heavy atom. The molecule has 27 heavy (non-hydrogen) atoms. The van der Waals surface area contributed by atoms with Gasteiger partial charge in [0.15, 0.2) is 0 Å². The molecular weight excluding hydrogens is 332 g/mol. The van der Waals surface area contributed by atoms with Crippen LogP contribution in [0.2, 0.25) is 0 Å². The van der Waals surface area contributed by atoms with Crippen molar-refractivity contribution in [3.63, 3.8) is 0 Å².